The molecular weight excluding hydrogens is 224 g/mol. The highest BCUT2D eigenvalue weighted by atomic mass is 35.5. The van der Waals surface area contributed by atoms with Gasteiger partial charge in [0.2, 0.25) is 0 Å². The van der Waals surface area contributed by atoms with Crippen LogP contribution in [0.25, 0.3) is 0 Å². The monoisotopic (exact) mass is 240 g/mol. The van der Waals surface area contributed by atoms with Gasteiger partial charge in [-0.05, 0) is 5.92 Å². The molecule has 0 unspecified atom stereocenters. The predicted molar refractivity (Wildman–Crippen MR) is 65.9 cm³/mol. The molecule has 0 amide bonds. The molecule has 1 aromatic carbocycles. The maximum Gasteiger partial charge on any atom is 0.165 e. The number of benzene rings is 1. The molecule has 0 fully saturated rings. The topological polar surface area (TPSA) is 37.3 Å². The third kappa shape index (κ3) is 3.62. The van der Waals surface area contributed by atoms with Gasteiger partial charge in [0.1, 0.15) is 0 Å². The van der Waals surface area contributed by atoms with Crippen LogP contribution in [0.3, 0.4) is 0 Å². The Labute approximate surface area is 101 Å². The third-order valence-corrected chi connectivity index (χ3v) is 3.29. The number of aliphatic hydroxyl groups excluding tert-OH is 1. The first-order chi connectivity index (χ1) is 7.52. The molecule has 0 radical (unpaired) electrons. The largest absolute Gasteiger partial charge is 0.391 e. The predicted octanol–water partition coefficient (Wildman–Crippen LogP) is 2.88. The Morgan fingerprint density at radius 1 is 1.31 bits per heavy atom. The number of hydrogen-bond acceptors (Lipinski definition) is 2. The lowest BCUT2D eigenvalue weighted by atomic mass is 9.98. The van der Waals surface area contributed by atoms with Crippen LogP contribution in [0.4, 0.5) is 0 Å². The molecule has 0 aliphatic rings. The Balaban J connectivity index is 2.59. The minimum atomic E-state index is -0.783. The van der Waals surface area contributed by atoms with Crippen LogP contribution >= 0.6 is 11.6 Å². The third-order valence-electron chi connectivity index (χ3n) is 2.49. The van der Waals surface area contributed by atoms with Crippen LogP contribution in [0, 0.1) is 5.92 Å². The van der Waals surface area contributed by atoms with Crippen molar-refractivity contribution in [1.82, 2.24) is 0 Å². The maximum absolute atomic E-state index is 11.8. The normalized spacial score (nSPS) is 14.8. The second kappa shape index (κ2) is 6.02. The molecule has 1 rings (SSSR count). The number of hydrogen-bond donors (Lipinski definition) is 1. The molecule has 88 valence electrons. The highest BCUT2D eigenvalue weighted by molar-refractivity contribution is 6.21. The minimum absolute atomic E-state index is 0.0700. The lowest BCUT2D eigenvalue weighted by Gasteiger charge is -2.19. The molecule has 2 atom stereocenters. The molecule has 0 aliphatic carbocycles. The zero-order valence-electron chi connectivity index (χ0n) is 9.56. The summed E-state index contributed by atoms with van der Waals surface area (Å²) in [7, 11) is 0. The molecule has 0 aromatic heterocycles. The van der Waals surface area contributed by atoms with E-state index in [1.165, 1.54) is 0 Å². The first-order valence-electron chi connectivity index (χ1n) is 5.42. The van der Waals surface area contributed by atoms with Gasteiger partial charge < -0.3 is 5.11 Å². The standard InChI is InChI=1S/C13H17ClO2/c1-9(2)13(14)12(16)8-11(15)10-6-4-3-5-7-10/h3-7,9,12-13,16H,8H2,1-2H3/t12-,13+/m0/s1. The van der Waals surface area contributed by atoms with Gasteiger partial charge in [-0.25, -0.2) is 0 Å². The fourth-order valence-corrected chi connectivity index (χ4v) is 1.58. The van der Waals surface area contributed by atoms with Gasteiger partial charge in [-0.3, -0.25) is 4.79 Å². The highest BCUT2D eigenvalue weighted by Gasteiger charge is 2.22. The summed E-state index contributed by atoms with van der Waals surface area (Å²) in [6.45, 7) is 3.85. The number of carbonyl (C=O) groups excluding carboxylic acids is 1. The van der Waals surface area contributed by atoms with Gasteiger partial charge in [-0.15, -0.1) is 11.6 Å². The van der Waals surface area contributed by atoms with Crippen molar-refractivity contribution in [1.29, 1.82) is 0 Å². The van der Waals surface area contributed by atoms with E-state index in [4.69, 9.17) is 11.6 Å². The Kier molecular flexibility index (Phi) is 4.97. The van der Waals surface area contributed by atoms with Crippen LogP contribution in [-0.2, 0) is 0 Å². The van der Waals surface area contributed by atoms with E-state index in [0.29, 0.717) is 5.56 Å². The first-order valence-corrected chi connectivity index (χ1v) is 5.86. The van der Waals surface area contributed by atoms with Crippen molar-refractivity contribution in [2.45, 2.75) is 31.7 Å². The summed E-state index contributed by atoms with van der Waals surface area (Å²) in [6, 6.07) is 8.95. The molecule has 16 heavy (non-hydrogen) atoms. The van der Waals surface area contributed by atoms with E-state index in [1.54, 1.807) is 24.3 Å². The Morgan fingerprint density at radius 2 is 1.88 bits per heavy atom. The van der Waals surface area contributed by atoms with Crippen molar-refractivity contribution in [2.24, 2.45) is 5.92 Å². The van der Waals surface area contributed by atoms with E-state index in [0.717, 1.165) is 0 Å². The summed E-state index contributed by atoms with van der Waals surface area (Å²) in [5.74, 6) is 0.0830. The van der Waals surface area contributed by atoms with E-state index in [9.17, 15) is 9.90 Å². The summed E-state index contributed by atoms with van der Waals surface area (Å²) in [5, 5.41) is 9.39. The summed E-state index contributed by atoms with van der Waals surface area (Å²) in [6.07, 6.45) is -0.703. The lowest BCUT2D eigenvalue weighted by molar-refractivity contribution is 0.0855. The Hall–Kier alpha value is -0.860. The van der Waals surface area contributed by atoms with Gasteiger partial charge in [-0.2, -0.15) is 0 Å². The number of carbonyl (C=O) groups is 1. The van der Waals surface area contributed by atoms with Gasteiger partial charge in [-0.1, -0.05) is 44.2 Å². The molecule has 1 N–H and O–H groups in total. The smallest absolute Gasteiger partial charge is 0.165 e. The van der Waals surface area contributed by atoms with E-state index in [2.05, 4.69) is 0 Å². The van der Waals surface area contributed by atoms with E-state index in [1.807, 2.05) is 19.9 Å². The van der Waals surface area contributed by atoms with Crippen LogP contribution in [-0.4, -0.2) is 22.4 Å². The first kappa shape index (κ1) is 13.2. The second-order valence-corrected chi connectivity index (χ2v) is 4.75. The molecule has 0 heterocycles. The SMILES string of the molecule is CC(C)[C@@H](Cl)[C@@H](O)CC(=O)c1ccccc1. The van der Waals surface area contributed by atoms with E-state index >= 15 is 0 Å². The summed E-state index contributed by atoms with van der Waals surface area (Å²) in [5.41, 5.74) is 0.620. The van der Waals surface area contributed by atoms with Gasteiger partial charge in [0.05, 0.1) is 11.5 Å². The minimum Gasteiger partial charge on any atom is -0.391 e. The van der Waals surface area contributed by atoms with Crippen molar-refractivity contribution in [3.8, 4) is 0 Å². The summed E-state index contributed by atoms with van der Waals surface area (Å²) < 4.78 is 0. The van der Waals surface area contributed by atoms with E-state index in [-0.39, 0.29) is 23.5 Å². The highest BCUT2D eigenvalue weighted by Crippen LogP contribution is 2.18. The molecule has 1 aromatic rings. The quantitative estimate of drug-likeness (QED) is 0.635. The number of rotatable bonds is 5. The average molecular weight is 241 g/mol. The van der Waals surface area contributed by atoms with Crippen molar-refractivity contribution >= 4 is 17.4 Å². The number of Topliss-reactive ketones (excluding diaryl/α,β-unsaturated/α-hetero) is 1. The Bertz CT molecular complexity index is 335. The molecular formula is C13H17ClO2. The van der Waals surface area contributed by atoms with Crippen LogP contribution in [0.15, 0.2) is 30.3 Å². The van der Waals surface area contributed by atoms with Gasteiger partial charge in [0.25, 0.3) is 0 Å². The van der Waals surface area contributed by atoms with Crippen molar-refractivity contribution in [3.05, 3.63) is 35.9 Å². The number of halogens is 1. The maximum atomic E-state index is 11.8. The fourth-order valence-electron chi connectivity index (χ4n) is 1.49. The zero-order valence-corrected chi connectivity index (χ0v) is 10.3. The summed E-state index contributed by atoms with van der Waals surface area (Å²) in [4.78, 5) is 11.8. The van der Waals surface area contributed by atoms with Crippen molar-refractivity contribution in [2.75, 3.05) is 0 Å². The van der Waals surface area contributed by atoms with Crippen molar-refractivity contribution in [3.63, 3.8) is 0 Å². The molecule has 0 spiro atoms. The fraction of sp³-hybridized carbons (Fsp3) is 0.462. The van der Waals surface area contributed by atoms with Crippen LogP contribution in [0.5, 0.6) is 0 Å². The van der Waals surface area contributed by atoms with Crippen LogP contribution in [0.1, 0.15) is 30.6 Å². The molecule has 0 aliphatic heterocycles. The molecule has 3 heteroatoms. The molecule has 0 saturated heterocycles. The molecule has 2 nitrogen and oxygen atoms in total. The van der Waals surface area contributed by atoms with Crippen LogP contribution < -0.4 is 0 Å². The van der Waals surface area contributed by atoms with Gasteiger partial charge in [0, 0.05) is 12.0 Å². The molecule has 0 saturated carbocycles. The number of alkyl halides is 1. The van der Waals surface area contributed by atoms with Crippen molar-refractivity contribution < 1.29 is 9.90 Å². The molecule has 0 bridgehead atoms. The number of ketones is 1. The second-order valence-electron chi connectivity index (χ2n) is 4.25. The zero-order chi connectivity index (χ0) is 12.1. The van der Waals surface area contributed by atoms with Gasteiger partial charge in [0.15, 0.2) is 5.78 Å². The average Bonchev–Trinajstić information content (AvgIpc) is 2.28. The van der Waals surface area contributed by atoms with E-state index < -0.39 is 6.10 Å². The number of aliphatic hydroxyl groups is 1. The van der Waals surface area contributed by atoms with Gasteiger partial charge >= 0.3 is 0 Å². The van der Waals surface area contributed by atoms with Crippen LogP contribution in [0.2, 0.25) is 0 Å². The lowest BCUT2D eigenvalue weighted by Crippen LogP contribution is -2.28. The Morgan fingerprint density at radius 3 is 2.38 bits per heavy atom. The summed E-state index contributed by atoms with van der Waals surface area (Å²) >= 11 is 6.00.